The van der Waals surface area contributed by atoms with E-state index in [0.717, 1.165) is 31.1 Å². The lowest BCUT2D eigenvalue weighted by Gasteiger charge is -2.30. The lowest BCUT2D eigenvalue weighted by atomic mass is 9.96. The third-order valence-electron chi connectivity index (χ3n) is 4.56. The summed E-state index contributed by atoms with van der Waals surface area (Å²) in [5, 5.41) is 1.95. The molecule has 22 heavy (non-hydrogen) atoms. The predicted octanol–water partition coefficient (Wildman–Crippen LogP) is 4.45. The quantitative estimate of drug-likeness (QED) is 0.830. The highest BCUT2D eigenvalue weighted by Crippen LogP contribution is 2.33. The second-order valence-corrected chi connectivity index (χ2v) is 8.28. The van der Waals surface area contributed by atoms with Crippen LogP contribution in [0.5, 0.6) is 0 Å². The Kier molecular flexibility index (Phi) is 4.44. The first-order chi connectivity index (χ1) is 10.5. The van der Waals surface area contributed by atoms with Crippen molar-refractivity contribution in [2.75, 3.05) is 7.05 Å². The van der Waals surface area contributed by atoms with Gasteiger partial charge in [-0.25, -0.2) is 8.42 Å². The summed E-state index contributed by atoms with van der Waals surface area (Å²) in [7, 11) is -1.84. The first-order valence-electron chi connectivity index (χ1n) is 7.67. The van der Waals surface area contributed by atoms with E-state index in [4.69, 9.17) is 11.6 Å². The van der Waals surface area contributed by atoms with E-state index in [0.29, 0.717) is 15.3 Å². The Morgan fingerprint density at radius 1 is 1.05 bits per heavy atom. The summed E-state index contributed by atoms with van der Waals surface area (Å²) >= 11 is 6.28. The summed E-state index contributed by atoms with van der Waals surface area (Å²) in [5.74, 6) is 0. The Balaban J connectivity index is 2.09. The van der Waals surface area contributed by atoms with Gasteiger partial charge in [0.1, 0.15) is 0 Å². The number of hydrogen-bond acceptors (Lipinski definition) is 2. The average molecular weight is 338 g/mol. The fourth-order valence-corrected chi connectivity index (χ4v) is 5.26. The summed E-state index contributed by atoms with van der Waals surface area (Å²) in [6.45, 7) is 0. The van der Waals surface area contributed by atoms with E-state index in [-0.39, 0.29) is 6.04 Å². The molecule has 0 bridgehead atoms. The molecule has 0 atom stereocenters. The van der Waals surface area contributed by atoms with E-state index in [1.807, 2.05) is 18.2 Å². The fourth-order valence-electron chi connectivity index (χ4n) is 3.27. The normalized spacial score (nSPS) is 17.2. The maximum absolute atomic E-state index is 13.1. The standard InChI is InChI=1S/C17H20ClNO2S/c1-19(14-9-3-2-4-10-14)22(20,21)16-12-6-8-13-7-5-11-15(18)17(13)16/h5-8,11-12,14H,2-4,9-10H2,1H3. The molecule has 0 aromatic heterocycles. The van der Waals surface area contributed by atoms with Crippen LogP contribution in [-0.4, -0.2) is 25.8 Å². The maximum atomic E-state index is 13.1. The van der Waals surface area contributed by atoms with Crippen molar-refractivity contribution in [2.45, 2.75) is 43.0 Å². The molecule has 0 unspecified atom stereocenters. The van der Waals surface area contributed by atoms with E-state index < -0.39 is 10.0 Å². The number of hydrogen-bond donors (Lipinski definition) is 0. The van der Waals surface area contributed by atoms with E-state index in [1.165, 1.54) is 6.42 Å². The zero-order valence-electron chi connectivity index (χ0n) is 12.6. The summed E-state index contributed by atoms with van der Waals surface area (Å²) in [4.78, 5) is 0.309. The molecule has 1 saturated carbocycles. The van der Waals surface area contributed by atoms with Crippen LogP contribution in [0.15, 0.2) is 41.3 Å². The van der Waals surface area contributed by atoms with Crippen molar-refractivity contribution < 1.29 is 8.42 Å². The molecule has 0 saturated heterocycles. The maximum Gasteiger partial charge on any atom is 0.243 e. The van der Waals surface area contributed by atoms with Crippen LogP contribution in [0.25, 0.3) is 10.8 Å². The van der Waals surface area contributed by atoms with Crippen LogP contribution in [0, 0.1) is 0 Å². The van der Waals surface area contributed by atoms with Crippen molar-refractivity contribution >= 4 is 32.4 Å². The molecule has 1 aliphatic rings. The molecular weight excluding hydrogens is 318 g/mol. The van der Waals surface area contributed by atoms with Gasteiger partial charge in [-0.3, -0.25) is 0 Å². The van der Waals surface area contributed by atoms with Crippen LogP contribution in [0.3, 0.4) is 0 Å². The molecule has 2 aromatic carbocycles. The smallest absolute Gasteiger partial charge is 0.207 e. The molecule has 0 heterocycles. The van der Waals surface area contributed by atoms with E-state index >= 15 is 0 Å². The van der Waals surface area contributed by atoms with Gasteiger partial charge < -0.3 is 0 Å². The van der Waals surface area contributed by atoms with Gasteiger partial charge in [-0.2, -0.15) is 4.31 Å². The highest BCUT2D eigenvalue weighted by Gasteiger charge is 2.30. The number of nitrogens with zero attached hydrogens (tertiary/aromatic N) is 1. The summed E-state index contributed by atoms with van der Waals surface area (Å²) in [5.41, 5.74) is 0. The molecular formula is C17H20ClNO2S. The molecule has 118 valence electrons. The first kappa shape index (κ1) is 15.8. The van der Waals surface area contributed by atoms with Crippen LogP contribution < -0.4 is 0 Å². The molecule has 0 aliphatic heterocycles. The second kappa shape index (κ2) is 6.19. The Morgan fingerprint density at radius 3 is 2.36 bits per heavy atom. The van der Waals surface area contributed by atoms with Crippen molar-refractivity contribution in [1.29, 1.82) is 0 Å². The Hall–Kier alpha value is -1.10. The summed E-state index contributed by atoms with van der Waals surface area (Å²) in [6, 6.07) is 10.9. The third kappa shape index (κ3) is 2.75. The summed E-state index contributed by atoms with van der Waals surface area (Å²) < 4.78 is 27.7. The second-order valence-electron chi connectivity index (χ2n) is 5.91. The van der Waals surface area contributed by atoms with Crippen LogP contribution in [0.1, 0.15) is 32.1 Å². The van der Waals surface area contributed by atoms with Gasteiger partial charge in [-0.05, 0) is 30.4 Å². The van der Waals surface area contributed by atoms with Crippen molar-refractivity contribution in [3.63, 3.8) is 0 Å². The molecule has 0 spiro atoms. The fraction of sp³-hybridized carbons (Fsp3) is 0.412. The van der Waals surface area contributed by atoms with Gasteiger partial charge in [-0.1, -0.05) is 55.1 Å². The number of rotatable bonds is 3. The molecule has 2 aromatic rings. The third-order valence-corrected chi connectivity index (χ3v) is 6.83. The Morgan fingerprint density at radius 2 is 1.68 bits per heavy atom. The zero-order valence-corrected chi connectivity index (χ0v) is 14.2. The van der Waals surface area contributed by atoms with Crippen molar-refractivity contribution in [2.24, 2.45) is 0 Å². The van der Waals surface area contributed by atoms with Gasteiger partial charge >= 0.3 is 0 Å². The molecule has 0 radical (unpaired) electrons. The van der Waals surface area contributed by atoms with Crippen LogP contribution in [-0.2, 0) is 10.0 Å². The van der Waals surface area contributed by atoms with Crippen LogP contribution >= 0.6 is 11.6 Å². The van der Waals surface area contributed by atoms with Crippen molar-refractivity contribution in [1.82, 2.24) is 4.31 Å². The SMILES string of the molecule is CN(C1CCCCC1)S(=O)(=O)c1cccc2cccc(Cl)c12. The van der Waals surface area contributed by atoms with Gasteiger partial charge in [0.15, 0.2) is 0 Å². The molecule has 1 aliphatic carbocycles. The highest BCUT2D eigenvalue weighted by atomic mass is 35.5. The number of fused-ring (bicyclic) bond motifs is 1. The molecule has 5 heteroatoms. The van der Waals surface area contributed by atoms with Gasteiger partial charge in [0, 0.05) is 23.5 Å². The van der Waals surface area contributed by atoms with Crippen molar-refractivity contribution in [3.8, 4) is 0 Å². The largest absolute Gasteiger partial charge is 0.243 e. The van der Waals surface area contributed by atoms with E-state index in [1.54, 1.807) is 29.6 Å². The minimum atomic E-state index is -3.54. The summed E-state index contributed by atoms with van der Waals surface area (Å²) in [6.07, 6.45) is 5.27. The Bertz CT molecular complexity index is 777. The number of sulfonamides is 1. The topological polar surface area (TPSA) is 37.4 Å². The number of benzene rings is 2. The van der Waals surface area contributed by atoms with Gasteiger partial charge in [0.05, 0.1) is 4.90 Å². The predicted molar refractivity (Wildman–Crippen MR) is 90.8 cm³/mol. The minimum absolute atomic E-state index is 0.0940. The highest BCUT2D eigenvalue weighted by molar-refractivity contribution is 7.89. The molecule has 3 rings (SSSR count). The van der Waals surface area contributed by atoms with Gasteiger partial charge in [0.2, 0.25) is 10.0 Å². The van der Waals surface area contributed by atoms with Crippen LogP contribution in [0.2, 0.25) is 5.02 Å². The van der Waals surface area contributed by atoms with Crippen LogP contribution in [0.4, 0.5) is 0 Å². The van der Waals surface area contributed by atoms with E-state index in [2.05, 4.69) is 0 Å². The molecule has 0 N–H and O–H groups in total. The lowest BCUT2D eigenvalue weighted by Crippen LogP contribution is -2.38. The lowest BCUT2D eigenvalue weighted by molar-refractivity contribution is 0.286. The monoisotopic (exact) mass is 337 g/mol. The minimum Gasteiger partial charge on any atom is -0.207 e. The Labute approximate surface area is 136 Å². The van der Waals surface area contributed by atoms with Gasteiger partial charge in [-0.15, -0.1) is 0 Å². The molecule has 3 nitrogen and oxygen atoms in total. The van der Waals surface area contributed by atoms with Gasteiger partial charge in [0.25, 0.3) is 0 Å². The number of halogens is 1. The van der Waals surface area contributed by atoms with Crippen molar-refractivity contribution in [3.05, 3.63) is 41.4 Å². The average Bonchev–Trinajstić information content (AvgIpc) is 2.54. The van der Waals surface area contributed by atoms with E-state index in [9.17, 15) is 8.42 Å². The zero-order chi connectivity index (χ0) is 15.7. The molecule has 0 amide bonds. The molecule has 1 fully saturated rings. The first-order valence-corrected chi connectivity index (χ1v) is 9.49.